The largest absolute Gasteiger partial charge is 0.369 e. The topological polar surface area (TPSA) is 47.9 Å². The van der Waals surface area contributed by atoms with Crippen molar-refractivity contribution in [3.63, 3.8) is 0 Å². The van der Waals surface area contributed by atoms with E-state index in [1.54, 1.807) is 6.21 Å². The fourth-order valence-corrected chi connectivity index (χ4v) is 3.76. The van der Waals surface area contributed by atoms with Gasteiger partial charge in [0.05, 0.1) is 6.21 Å². The monoisotopic (exact) mass is 412 g/mol. The molecule has 1 aliphatic heterocycles. The van der Waals surface area contributed by atoms with E-state index in [0.29, 0.717) is 6.42 Å². The quantitative estimate of drug-likeness (QED) is 0.471. The Labute approximate surface area is 184 Å². The van der Waals surface area contributed by atoms with Gasteiger partial charge in [-0.05, 0) is 28.8 Å². The van der Waals surface area contributed by atoms with Crippen molar-refractivity contribution >= 4 is 17.8 Å². The number of benzene rings is 3. The van der Waals surface area contributed by atoms with Gasteiger partial charge in [0.25, 0.3) is 0 Å². The van der Waals surface area contributed by atoms with Gasteiger partial charge in [0.1, 0.15) is 0 Å². The smallest absolute Gasteiger partial charge is 0.241 e. The van der Waals surface area contributed by atoms with Gasteiger partial charge in [0.2, 0.25) is 5.91 Å². The normalized spacial score (nSPS) is 14.6. The SMILES string of the molecule is O=C(CCN1CCN(c2ccccc2)CC1)N/N=C\c1ccc(-c2ccccc2)cc1. The summed E-state index contributed by atoms with van der Waals surface area (Å²) in [6, 6.07) is 28.9. The van der Waals surface area contributed by atoms with Crippen LogP contribution in [0.15, 0.2) is 90.0 Å². The van der Waals surface area contributed by atoms with Crippen molar-refractivity contribution in [1.29, 1.82) is 0 Å². The molecule has 0 atom stereocenters. The molecule has 1 amide bonds. The molecular weight excluding hydrogens is 384 g/mol. The Morgan fingerprint density at radius 3 is 2.10 bits per heavy atom. The molecule has 0 bridgehead atoms. The van der Waals surface area contributed by atoms with Crippen molar-refractivity contribution in [1.82, 2.24) is 10.3 Å². The first kappa shape index (κ1) is 20.8. The van der Waals surface area contributed by atoms with Gasteiger partial charge in [0.15, 0.2) is 0 Å². The summed E-state index contributed by atoms with van der Waals surface area (Å²) < 4.78 is 0. The second-order valence-electron chi connectivity index (χ2n) is 7.70. The van der Waals surface area contributed by atoms with Crippen LogP contribution in [-0.2, 0) is 4.79 Å². The van der Waals surface area contributed by atoms with Crippen molar-refractivity contribution in [2.24, 2.45) is 5.10 Å². The maximum Gasteiger partial charge on any atom is 0.241 e. The summed E-state index contributed by atoms with van der Waals surface area (Å²) in [5.41, 5.74) is 7.22. The van der Waals surface area contributed by atoms with E-state index in [9.17, 15) is 4.79 Å². The average molecular weight is 413 g/mol. The second-order valence-corrected chi connectivity index (χ2v) is 7.70. The molecule has 0 radical (unpaired) electrons. The van der Waals surface area contributed by atoms with E-state index in [2.05, 4.69) is 68.9 Å². The summed E-state index contributed by atoms with van der Waals surface area (Å²) in [5, 5.41) is 4.11. The molecule has 3 aromatic carbocycles. The summed E-state index contributed by atoms with van der Waals surface area (Å²) in [4.78, 5) is 16.9. The lowest BCUT2D eigenvalue weighted by molar-refractivity contribution is -0.121. The number of hydrogen-bond acceptors (Lipinski definition) is 4. The predicted molar refractivity (Wildman–Crippen MR) is 127 cm³/mol. The lowest BCUT2D eigenvalue weighted by Gasteiger charge is -2.36. The van der Waals surface area contributed by atoms with Crippen LogP contribution in [-0.4, -0.2) is 49.7 Å². The number of hydrogen-bond donors (Lipinski definition) is 1. The van der Waals surface area contributed by atoms with Crippen LogP contribution in [0.1, 0.15) is 12.0 Å². The van der Waals surface area contributed by atoms with Crippen molar-refractivity contribution in [3.05, 3.63) is 90.5 Å². The van der Waals surface area contributed by atoms with Gasteiger partial charge in [0, 0.05) is 44.8 Å². The van der Waals surface area contributed by atoms with Crippen LogP contribution in [0.3, 0.4) is 0 Å². The number of carbonyl (C=O) groups is 1. The summed E-state index contributed by atoms with van der Waals surface area (Å²) >= 11 is 0. The molecular formula is C26H28N4O. The Morgan fingerprint density at radius 1 is 0.806 bits per heavy atom. The van der Waals surface area contributed by atoms with Crippen LogP contribution < -0.4 is 10.3 Å². The minimum atomic E-state index is -0.0531. The molecule has 1 saturated heterocycles. The van der Waals surface area contributed by atoms with Crippen LogP contribution in [0.25, 0.3) is 11.1 Å². The lowest BCUT2D eigenvalue weighted by Crippen LogP contribution is -2.47. The third kappa shape index (κ3) is 6.03. The Kier molecular flexibility index (Phi) is 7.08. The summed E-state index contributed by atoms with van der Waals surface area (Å²) in [6.45, 7) is 4.68. The molecule has 0 unspecified atom stereocenters. The first-order valence-electron chi connectivity index (χ1n) is 10.8. The molecule has 0 saturated carbocycles. The zero-order valence-electron chi connectivity index (χ0n) is 17.7. The van der Waals surface area contributed by atoms with E-state index >= 15 is 0 Å². The molecule has 1 heterocycles. The zero-order chi connectivity index (χ0) is 21.3. The van der Waals surface area contributed by atoms with Gasteiger partial charge in [-0.1, -0.05) is 72.8 Å². The number of anilines is 1. The molecule has 0 aromatic heterocycles. The number of rotatable bonds is 7. The number of nitrogens with zero attached hydrogens (tertiary/aromatic N) is 3. The standard InChI is InChI=1S/C26H28N4O/c31-26(15-16-29-17-19-30(20-18-29)25-9-5-2-6-10-25)28-27-21-22-11-13-24(14-12-22)23-7-3-1-4-8-23/h1-14,21H,15-20H2,(H,28,31)/b27-21-. The summed E-state index contributed by atoms with van der Waals surface area (Å²) in [5.74, 6) is -0.0531. The Morgan fingerprint density at radius 2 is 1.42 bits per heavy atom. The highest BCUT2D eigenvalue weighted by Gasteiger charge is 2.17. The molecule has 0 spiro atoms. The highest BCUT2D eigenvalue weighted by Crippen LogP contribution is 2.18. The fraction of sp³-hybridized carbons (Fsp3) is 0.231. The van der Waals surface area contributed by atoms with Crippen LogP contribution in [0, 0.1) is 0 Å². The third-order valence-corrected chi connectivity index (χ3v) is 5.57. The van der Waals surface area contributed by atoms with E-state index in [4.69, 9.17) is 0 Å². The number of nitrogens with one attached hydrogen (secondary N) is 1. The van der Waals surface area contributed by atoms with E-state index in [-0.39, 0.29) is 5.91 Å². The Balaban J connectivity index is 1.17. The first-order chi connectivity index (χ1) is 15.3. The van der Waals surface area contributed by atoms with Gasteiger partial charge >= 0.3 is 0 Å². The molecule has 5 heteroatoms. The maximum atomic E-state index is 12.1. The van der Waals surface area contributed by atoms with E-state index in [0.717, 1.165) is 43.9 Å². The van der Waals surface area contributed by atoms with E-state index in [1.165, 1.54) is 11.3 Å². The number of hydrazone groups is 1. The van der Waals surface area contributed by atoms with Crippen LogP contribution >= 0.6 is 0 Å². The van der Waals surface area contributed by atoms with Gasteiger partial charge in [-0.15, -0.1) is 0 Å². The minimum Gasteiger partial charge on any atom is -0.369 e. The summed E-state index contributed by atoms with van der Waals surface area (Å²) in [7, 11) is 0. The zero-order valence-corrected chi connectivity index (χ0v) is 17.7. The molecule has 3 aromatic rings. The van der Waals surface area contributed by atoms with Crippen molar-refractivity contribution in [2.45, 2.75) is 6.42 Å². The molecule has 1 fully saturated rings. The number of carbonyl (C=O) groups excluding carboxylic acids is 1. The van der Waals surface area contributed by atoms with Crippen molar-refractivity contribution in [2.75, 3.05) is 37.6 Å². The summed E-state index contributed by atoms with van der Waals surface area (Å²) in [6.07, 6.45) is 2.14. The van der Waals surface area contributed by atoms with Crippen LogP contribution in [0.5, 0.6) is 0 Å². The minimum absolute atomic E-state index is 0.0531. The molecule has 1 aliphatic rings. The van der Waals surface area contributed by atoms with Crippen molar-refractivity contribution in [3.8, 4) is 11.1 Å². The van der Waals surface area contributed by atoms with Crippen LogP contribution in [0.4, 0.5) is 5.69 Å². The highest BCUT2D eigenvalue weighted by molar-refractivity contribution is 5.83. The van der Waals surface area contributed by atoms with E-state index < -0.39 is 0 Å². The van der Waals surface area contributed by atoms with Gasteiger partial charge < -0.3 is 4.90 Å². The van der Waals surface area contributed by atoms with Crippen LogP contribution in [0.2, 0.25) is 0 Å². The van der Waals surface area contributed by atoms with Gasteiger partial charge in [-0.2, -0.15) is 5.10 Å². The Hall–Kier alpha value is -3.44. The molecule has 158 valence electrons. The van der Waals surface area contributed by atoms with Gasteiger partial charge in [-0.25, -0.2) is 5.43 Å². The number of amides is 1. The fourth-order valence-electron chi connectivity index (χ4n) is 3.76. The second kappa shape index (κ2) is 10.5. The third-order valence-electron chi connectivity index (χ3n) is 5.57. The Bertz CT molecular complexity index is 979. The first-order valence-corrected chi connectivity index (χ1v) is 10.8. The van der Waals surface area contributed by atoms with Gasteiger partial charge in [-0.3, -0.25) is 9.69 Å². The number of para-hydroxylation sites is 1. The molecule has 4 rings (SSSR count). The molecule has 0 aliphatic carbocycles. The maximum absolute atomic E-state index is 12.1. The lowest BCUT2D eigenvalue weighted by atomic mass is 10.0. The number of piperazine rings is 1. The molecule has 31 heavy (non-hydrogen) atoms. The molecule has 5 nitrogen and oxygen atoms in total. The average Bonchev–Trinajstić information content (AvgIpc) is 2.85. The molecule has 1 N–H and O–H groups in total. The van der Waals surface area contributed by atoms with E-state index in [1.807, 2.05) is 36.4 Å². The highest BCUT2D eigenvalue weighted by atomic mass is 16.2. The van der Waals surface area contributed by atoms with Crippen molar-refractivity contribution < 1.29 is 4.79 Å². The predicted octanol–water partition coefficient (Wildman–Crippen LogP) is 4.02.